The fourth-order valence-corrected chi connectivity index (χ4v) is 2.11. The number of carboxylic acid groups (broad SMARTS) is 1. The van der Waals surface area contributed by atoms with Gasteiger partial charge in [-0.3, -0.25) is 4.79 Å². The summed E-state index contributed by atoms with van der Waals surface area (Å²) in [6.07, 6.45) is 1.47. The van der Waals surface area contributed by atoms with Crippen LogP contribution in [0.3, 0.4) is 0 Å². The molecular formula is C14H19NO3S. The van der Waals surface area contributed by atoms with Gasteiger partial charge in [0.15, 0.2) is 0 Å². The number of nitrogens with zero attached hydrogens (tertiary/aromatic N) is 1. The molecule has 1 unspecified atom stereocenters. The minimum absolute atomic E-state index is 0.493. The van der Waals surface area contributed by atoms with E-state index in [-0.39, 0.29) is 0 Å². The molecule has 0 aliphatic heterocycles. The number of rotatable bonds is 3. The van der Waals surface area contributed by atoms with Gasteiger partial charge in [-0.1, -0.05) is 13.8 Å². The van der Waals surface area contributed by atoms with Crippen molar-refractivity contribution in [3.8, 4) is 0 Å². The Morgan fingerprint density at radius 1 is 1.42 bits per heavy atom. The van der Waals surface area contributed by atoms with Gasteiger partial charge in [0.2, 0.25) is 0 Å². The Hall–Kier alpha value is -1.62. The molecule has 0 bridgehead atoms. The third-order valence-electron chi connectivity index (χ3n) is 2.47. The molecule has 2 heterocycles. The van der Waals surface area contributed by atoms with Crippen molar-refractivity contribution in [1.29, 1.82) is 0 Å². The van der Waals surface area contributed by atoms with Crippen LogP contribution >= 0.6 is 11.3 Å². The molecule has 2 aromatic heterocycles. The van der Waals surface area contributed by atoms with Crippen LogP contribution in [0.5, 0.6) is 0 Å². The molecule has 0 spiro atoms. The average Bonchev–Trinajstić information content (AvgIpc) is 2.99. The first-order valence-corrected chi connectivity index (χ1v) is 6.98. The molecular weight excluding hydrogens is 262 g/mol. The maximum atomic E-state index is 10.3. The maximum absolute atomic E-state index is 10.3. The van der Waals surface area contributed by atoms with Gasteiger partial charge >= 0.3 is 5.97 Å². The van der Waals surface area contributed by atoms with E-state index in [1.54, 1.807) is 30.4 Å². The molecule has 0 aliphatic carbocycles. The van der Waals surface area contributed by atoms with E-state index >= 15 is 0 Å². The van der Waals surface area contributed by atoms with E-state index in [2.05, 4.69) is 24.2 Å². The monoisotopic (exact) mass is 281 g/mol. The molecule has 0 aliphatic rings. The fraction of sp³-hybridized carbons (Fsp3) is 0.429. The smallest absolute Gasteiger partial charge is 0.313 e. The summed E-state index contributed by atoms with van der Waals surface area (Å²) in [5.41, 5.74) is 1.14. The molecule has 0 amide bonds. The molecule has 1 atom stereocenters. The third-order valence-corrected chi connectivity index (χ3v) is 3.73. The summed E-state index contributed by atoms with van der Waals surface area (Å²) < 4.78 is 4.88. The Balaban J connectivity index is 0.000000191. The Kier molecular flexibility index (Phi) is 5.76. The third kappa shape index (κ3) is 4.87. The predicted octanol–water partition coefficient (Wildman–Crippen LogP) is 4.04. The molecule has 0 saturated carbocycles. The van der Waals surface area contributed by atoms with Crippen molar-refractivity contribution < 1.29 is 14.3 Å². The second-order valence-electron chi connectivity index (χ2n) is 4.56. The summed E-state index contributed by atoms with van der Waals surface area (Å²) in [5, 5.41) is 11.8. The summed E-state index contributed by atoms with van der Waals surface area (Å²) in [4.78, 5) is 14.7. The van der Waals surface area contributed by atoms with Crippen LogP contribution in [0.4, 0.5) is 0 Å². The van der Waals surface area contributed by atoms with Gasteiger partial charge in [0.1, 0.15) is 11.7 Å². The van der Waals surface area contributed by atoms with Crippen molar-refractivity contribution in [3.05, 3.63) is 40.2 Å². The standard InChI is InChI=1S/C7H11NS.C7H8O3/c1-5(2)7-8-6(3)4-9-7;1-5(7(8)9)6-3-2-4-10-6/h4-5H,1-3H3;2-5H,1H3,(H,8,9). The van der Waals surface area contributed by atoms with Gasteiger partial charge < -0.3 is 9.52 Å². The first-order valence-electron chi connectivity index (χ1n) is 6.10. The van der Waals surface area contributed by atoms with Crippen molar-refractivity contribution in [2.24, 2.45) is 0 Å². The molecule has 2 aromatic rings. The Bertz CT molecular complexity index is 503. The van der Waals surface area contributed by atoms with Gasteiger partial charge in [0, 0.05) is 17.0 Å². The zero-order valence-corrected chi connectivity index (χ0v) is 12.4. The quantitative estimate of drug-likeness (QED) is 0.922. The number of aryl methyl sites for hydroxylation is 1. The molecule has 2 rings (SSSR count). The number of furan rings is 1. The normalized spacial score (nSPS) is 11.8. The first-order chi connectivity index (χ1) is 8.91. The van der Waals surface area contributed by atoms with Gasteiger partial charge in [-0.25, -0.2) is 4.98 Å². The van der Waals surface area contributed by atoms with E-state index in [0.717, 1.165) is 5.69 Å². The van der Waals surface area contributed by atoms with E-state index in [1.807, 2.05) is 6.92 Å². The maximum Gasteiger partial charge on any atom is 0.313 e. The summed E-state index contributed by atoms with van der Waals surface area (Å²) in [6.45, 7) is 7.94. The lowest BCUT2D eigenvalue weighted by atomic mass is 10.1. The van der Waals surface area contributed by atoms with Crippen LogP contribution in [0.25, 0.3) is 0 Å². The number of aliphatic carboxylic acids is 1. The number of carbonyl (C=O) groups is 1. The van der Waals surface area contributed by atoms with Crippen molar-refractivity contribution >= 4 is 17.3 Å². The van der Waals surface area contributed by atoms with Gasteiger partial charge in [-0.15, -0.1) is 11.3 Å². The van der Waals surface area contributed by atoms with E-state index in [4.69, 9.17) is 9.52 Å². The lowest BCUT2D eigenvalue weighted by Gasteiger charge is -1.98. The highest BCUT2D eigenvalue weighted by molar-refractivity contribution is 7.09. The largest absolute Gasteiger partial charge is 0.481 e. The summed E-state index contributed by atoms with van der Waals surface area (Å²) in [6, 6.07) is 3.33. The van der Waals surface area contributed by atoms with Crippen LogP contribution in [0.2, 0.25) is 0 Å². The minimum Gasteiger partial charge on any atom is -0.481 e. The SMILES string of the molecule is CC(C(=O)O)c1ccco1.Cc1csc(C(C)C)n1. The first kappa shape index (κ1) is 15.4. The topological polar surface area (TPSA) is 63.3 Å². The zero-order chi connectivity index (χ0) is 14.4. The molecule has 0 aromatic carbocycles. The number of thiazole rings is 1. The molecule has 1 N–H and O–H groups in total. The molecule has 104 valence electrons. The lowest BCUT2D eigenvalue weighted by Crippen LogP contribution is -2.05. The van der Waals surface area contributed by atoms with E-state index in [0.29, 0.717) is 11.7 Å². The van der Waals surface area contributed by atoms with Crippen molar-refractivity contribution in [2.75, 3.05) is 0 Å². The van der Waals surface area contributed by atoms with Gasteiger partial charge in [-0.2, -0.15) is 0 Å². The highest BCUT2D eigenvalue weighted by Gasteiger charge is 2.15. The second-order valence-corrected chi connectivity index (χ2v) is 5.45. The highest BCUT2D eigenvalue weighted by atomic mass is 32.1. The van der Waals surface area contributed by atoms with Crippen LogP contribution < -0.4 is 0 Å². The van der Waals surface area contributed by atoms with Gasteiger partial charge in [0.25, 0.3) is 0 Å². The molecule has 5 heteroatoms. The summed E-state index contributed by atoms with van der Waals surface area (Å²) in [7, 11) is 0. The number of hydrogen-bond acceptors (Lipinski definition) is 4. The Labute approximate surface area is 117 Å². The average molecular weight is 281 g/mol. The fourth-order valence-electron chi connectivity index (χ4n) is 1.30. The van der Waals surface area contributed by atoms with Crippen LogP contribution in [0.15, 0.2) is 28.2 Å². The van der Waals surface area contributed by atoms with Gasteiger partial charge in [-0.05, 0) is 26.0 Å². The summed E-state index contributed by atoms with van der Waals surface area (Å²) >= 11 is 1.75. The summed E-state index contributed by atoms with van der Waals surface area (Å²) in [5.74, 6) is -0.332. The van der Waals surface area contributed by atoms with Crippen LogP contribution in [0.1, 0.15) is 49.1 Å². The predicted molar refractivity (Wildman–Crippen MR) is 75.7 cm³/mol. The molecule has 0 radical (unpaired) electrons. The van der Waals surface area contributed by atoms with E-state index in [1.165, 1.54) is 11.3 Å². The Morgan fingerprint density at radius 2 is 2.11 bits per heavy atom. The highest BCUT2D eigenvalue weighted by Crippen LogP contribution is 2.18. The number of carboxylic acids is 1. The lowest BCUT2D eigenvalue weighted by molar-refractivity contribution is -0.138. The molecule has 0 fully saturated rings. The Morgan fingerprint density at radius 3 is 2.42 bits per heavy atom. The molecule has 0 saturated heterocycles. The van der Waals surface area contributed by atoms with E-state index in [9.17, 15) is 4.79 Å². The van der Waals surface area contributed by atoms with Crippen molar-refractivity contribution in [1.82, 2.24) is 4.98 Å². The van der Waals surface area contributed by atoms with Crippen LogP contribution in [-0.4, -0.2) is 16.1 Å². The number of aromatic nitrogens is 1. The minimum atomic E-state index is -0.866. The zero-order valence-electron chi connectivity index (χ0n) is 11.6. The molecule has 4 nitrogen and oxygen atoms in total. The van der Waals surface area contributed by atoms with Crippen molar-refractivity contribution in [3.63, 3.8) is 0 Å². The number of hydrogen-bond donors (Lipinski definition) is 1. The molecule has 19 heavy (non-hydrogen) atoms. The van der Waals surface area contributed by atoms with Crippen LogP contribution in [-0.2, 0) is 4.79 Å². The van der Waals surface area contributed by atoms with Crippen LogP contribution in [0, 0.1) is 6.92 Å². The van der Waals surface area contributed by atoms with Crippen molar-refractivity contribution in [2.45, 2.75) is 39.5 Å². The van der Waals surface area contributed by atoms with Gasteiger partial charge in [0.05, 0.1) is 11.3 Å². The second kappa shape index (κ2) is 7.09. The van der Waals surface area contributed by atoms with E-state index < -0.39 is 11.9 Å².